The van der Waals surface area contributed by atoms with Gasteiger partial charge in [-0.2, -0.15) is 8.42 Å². The van der Waals surface area contributed by atoms with Crippen molar-refractivity contribution in [2.75, 3.05) is 36.5 Å². The minimum atomic E-state index is -4.67. The van der Waals surface area contributed by atoms with Gasteiger partial charge in [-0.15, -0.1) is 0 Å². The van der Waals surface area contributed by atoms with Gasteiger partial charge in [0.25, 0.3) is 0 Å². The Morgan fingerprint density at radius 2 is 1.71 bits per heavy atom. The second-order valence-electron chi connectivity index (χ2n) is 4.73. The van der Waals surface area contributed by atoms with E-state index in [9.17, 15) is 8.42 Å². The van der Waals surface area contributed by atoms with Crippen LogP contribution in [0.4, 0.5) is 11.4 Å². The largest absolute Gasteiger partial charge is 0.412 e. The van der Waals surface area contributed by atoms with Gasteiger partial charge in [-0.05, 0) is 37.6 Å². The maximum Gasteiger partial charge on any atom is 0.394 e. The predicted molar refractivity (Wildman–Crippen MR) is 94.1 cm³/mol. The molecule has 0 saturated heterocycles. The molecule has 0 heterocycles. The maximum absolute atomic E-state index is 11.0. The van der Waals surface area contributed by atoms with Gasteiger partial charge < -0.3 is 16.1 Å². The normalized spacial score (nSPS) is 11.0. The molecule has 1 aromatic carbocycles. The zero-order chi connectivity index (χ0) is 18.3. The Hall–Kier alpha value is -1.44. The summed E-state index contributed by atoms with van der Waals surface area (Å²) in [5.74, 6) is 0. The molecule has 0 unspecified atom stereocenters. The zero-order valence-electron chi connectivity index (χ0n) is 13.7. The third-order valence-corrected chi connectivity index (χ3v) is 3.47. The molecule has 0 fully saturated rings. The lowest BCUT2D eigenvalue weighted by atomic mass is 10.1. The first-order valence-electron chi connectivity index (χ1n) is 6.59. The fourth-order valence-electron chi connectivity index (χ4n) is 1.69. The van der Waals surface area contributed by atoms with Crippen molar-refractivity contribution in [3.8, 4) is 0 Å². The Morgan fingerprint density at radius 3 is 2.08 bits per heavy atom. The van der Waals surface area contributed by atoms with E-state index in [0.29, 0.717) is 13.1 Å². The minimum absolute atomic E-state index is 0. The molecule has 0 amide bonds. The Morgan fingerprint density at radius 1 is 1.21 bits per heavy atom. The predicted octanol–water partition coefficient (Wildman–Crippen LogP) is -0.525. The summed E-state index contributed by atoms with van der Waals surface area (Å²) in [6, 6.07) is 5.84. The van der Waals surface area contributed by atoms with Gasteiger partial charge in [0.05, 0.1) is 6.26 Å². The third-order valence-electron chi connectivity index (χ3n) is 2.75. The van der Waals surface area contributed by atoms with Crippen LogP contribution in [0, 0.1) is 6.92 Å². The number of nitrogens with two attached hydrogens (primary N) is 1. The van der Waals surface area contributed by atoms with Gasteiger partial charge in [0, 0.05) is 31.0 Å². The van der Waals surface area contributed by atoms with Gasteiger partial charge in [0.2, 0.25) is 10.0 Å². The molecule has 0 aliphatic carbocycles. The molecule has 1 rings (SSSR count). The molecule has 0 aliphatic heterocycles. The first-order valence-corrected chi connectivity index (χ1v) is 9.88. The van der Waals surface area contributed by atoms with Crippen molar-refractivity contribution in [2.24, 2.45) is 0 Å². The van der Waals surface area contributed by atoms with Gasteiger partial charge in [0.15, 0.2) is 0 Å². The molecule has 142 valence electrons. The lowest BCUT2D eigenvalue weighted by Crippen LogP contribution is -2.34. The molecule has 7 N–H and O–H groups in total. The van der Waals surface area contributed by atoms with Crippen molar-refractivity contribution in [1.82, 2.24) is 4.72 Å². The van der Waals surface area contributed by atoms with Gasteiger partial charge in [-0.25, -0.2) is 13.1 Å². The molecule has 0 bridgehead atoms. The molecule has 12 heteroatoms. The minimum Gasteiger partial charge on any atom is -0.412 e. The van der Waals surface area contributed by atoms with Crippen molar-refractivity contribution < 1.29 is 31.4 Å². The number of aryl methyl sites for hydroxylation is 1. The van der Waals surface area contributed by atoms with E-state index < -0.39 is 20.4 Å². The van der Waals surface area contributed by atoms with Gasteiger partial charge in [-0.3, -0.25) is 9.11 Å². The van der Waals surface area contributed by atoms with Gasteiger partial charge in [-0.1, -0.05) is 0 Å². The molecule has 24 heavy (non-hydrogen) atoms. The molecular weight excluding hydrogens is 362 g/mol. The molecule has 0 aromatic heterocycles. The number of nitrogens with one attached hydrogen (secondary N) is 1. The van der Waals surface area contributed by atoms with Crippen LogP contribution in [0.15, 0.2) is 18.2 Å². The van der Waals surface area contributed by atoms with Crippen molar-refractivity contribution in [2.45, 2.75) is 13.8 Å². The first-order chi connectivity index (χ1) is 10.3. The number of sulfonamides is 1. The average molecular weight is 387 g/mol. The van der Waals surface area contributed by atoms with E-state index in [-0.39, 0.29) is 5.48 Å². The number of benzene rings is 1. The highest BCUT2D eigenvalue weighted by Crippen LogP contribution is 2.20. The van der Waals surface area contributed by atoms with Crippen LogP contribution in [0.1, 0.15) is 12.5 Å². The summed E-state index contributed by atoms with van der Waals surface area (Å²) in [6.45, 7) is 5.84. The second-order valence-corrected chi connectivity index (χ2v) is 7.46. The van der Waals surface area contributed by atoms with E-state index in [1.54, 1.807) is 0 Å². The Kier molecular flexibility index (Phi) is 10.8. The Labute approximate surface area is 142 Å². The van der Waals surface area contributed by atoms with Crippen molar-refractivity contribution in [3.63, 3.8) is 0 Å². The summed E-state index contributed by atoms with van der Waals surface area (Å²) in [4.78, 5) is 2.10. The van der Waals surface area contributed by atoms with Gasteiger partial charge in [0.1, 0.15) is 0 Å². The van der Waals surface area contributed by atoms with E-state index in [1.165, 1.54) is 0 Å². The number of nitrogen functional groups attached to an aromatic ring is 1. The summed E-state index contributed by atoms with van der Waals surface area (Å²) in [7, 11) is -7.79. The molecule has 10 nitrogen and oxygen atoms in total. The number of nitrogens with zero attached hydrogens (tertiary/aromatic N) is 1. The van der Waals surface area contributed by atoms with Crippen molar-refractivity contribution in [3.05, 3.63) is 23.8 Å². The average Bonchev–Trinajstić information content (AvgIpc) is 2.35. The maximum atomic E-state index is 11.0. The smallest absolute Gasteiger partial charge is 0.394 e. The fraction of sp³-hybridized carbons (Fsp3) is 0.500. The topological polar surface area (TPSA) is 182 Å². The van der Waals surface area contributed by atoms with Crippen LogP contribution in [0.5, 0.6) is 0 Å². The van der Waals surface area contributed by atoms with E-state index in [2.05, 4.69) is 9.62 Å². The molecule has 1 aromatic rings. The molecule has 0 saturated carbocycles. The molecule has 0 radical (unpaired) electrons. The van der Waals surface area contributed by atoms with E-state index in [1.807, 2.05) is 32.0 Å². The second kappa shape index (κ2) is 10.4. The van der Waals surface area contributed by atoms with Crippen molar-refractivity contribution in [1.29, 1.82) is 0 Å². The van der Waals surface area contributed by atoms with Crippen LogP contribution in [0.25, 0.3) is 0 Å². The molecule has 0 spiro atoms. The van der Waals surface area contributed by atoms with E-state index in [4.69, 9.17) is 23.3 Å². The number of hydrogen-bond donors (Lipinski definition) is 4. The number of likely N-dealkylation sites (N-methyl/N-ethyl adjacent to an activating group) is 1. The number of anilines is 2. The lowest BCUT2D eigenvalue weighted by molar-refractivity contribution is 0.381. The van der Waals surface area contributed by atoms with Crippen molar-refractivity contribution >= 4 is 31.8 Å². The summed E-state index contributed by atoms with van der Waals surface area (Å²) in [6.07, 6.45) is 1.16. The van der Waals surface area contributed by atoms with Crippen LogP contribution in [0.3, 0.4) is 0 Å². The summed E-state index contributed by atoms with van der Waals surface area (Å²) in [5, 5.41) is 0. The number of hydrogen-bond acceptors (Lipinski definition) is 6. The molecule has 0 aliphatic rings. The third kappa shape index (κ3) is 13.0. The SMILES string of the molecule is CCN(CCNS(C)(=O)=O)c1ccc(N)c(C)c1.O.O=S(=O)(O)O. The highest BCUT2D eigenvalue weighted by atomic mass is 32.3. The highest BCUT2D eigenvalue weighted by Gasteiger charge is 2.07. The summed E-state index contributed by atoms with van der Waals surface area (Å²) < 4.78 is 56.1. The van der Waals surface area contributed by atoms with Gasteiger partial charge >= 0.3 is 10.4 Å². The monoisotopic (exact) mass is 387 g/mol. The fourth-order valence-corrected chi connectivity index (χ4v) is 2.15. The Bertz CT molecular complexity index is 697. The standard InChI is InChI=1S/C12H21N3O2S.H2O4S.H2O/c1-4-15(8-7-14-18(3,16)17)11-5-6-12(13)10(2)9-11;1-5(2,3)4;/h5-6,9,14H,4,7-8,13H2,1-3H3;(H2,1,2,3,4);1H2. The van der Waals surface area contributed by atoms with Crippen LogP contribution >= 0.6 is 0 Å². The highest BCUT2D eigenvalue weighted by molar-refractivity contribution is 7.88. The lowest BCUT2D eigenvalue weighted by Gasteiger charge is -2.23. The number of rotatable bonds is 6. The molecule has 0 atom stereocenters. The van der Waals surface area contributed by atoms with E-state index in [0.717, 1.165) is 29.7 Å². The van der Waals surface area contributed by atoms with Crippen LogP contribution in [-0.2, 0) is 20.4 Å². The van der Waals surface area contributed by atoms with Crippen LogP contribution in [-0.4, -0.2) is 57.3 Å². The quantitative estimate of drug-likeness (QED) is 0.371. The van der Waals surface area contributed by atoms with E-state index >= 15 is 0 Å². The summed E-state index contributed by atoms with van der Waals surface area (Å²) >= 11 is 0. The van der Waals surface area contributed by atoms with Crippen LogP contribution in [0.2, 0.25) is 0 Å². The molecular formula is C12H25N3O7S2. The first kappa shape index (κ1) is 24.8. The van der Waals surface area contributed by atoms with Crippen LogP contribution < -0.4 is 15.4 Å². The zero-order valence-corrected chi connectivity index (χ0v) is 15.4. The Balaban J connectivity index is 0. The summed E-state index contributed by atoms with van der Waals surface area (Å²) in [5.41, 5.74) is 8.63.